The minimum atomic E-state index is 0.527. The van der Waals surface area contributed by atoms with E-state index in [1.54, 1.807) is 19.5 Å². The Morgan fingerprint density at radius 2 is 2.70 bits per heavy atom. The van der Waals surface area contributed by atoms with Gasteiger partial charge in [-0.3, -0.25) is 0 Å². The molecule has 0 radical (unpaired) electrons. The van der Waals surface area contributed by atoms with E-state index in [0.29, 0.717) is 6.61 Å². The van der Waals surface area contributed by atoms with Gasteiger partial charge in [0.1, 0.15) is 12.4 Å². The first-order valence-electron chi connectivity index (χ1n) is 3.01. The minimum Gasteiger partial charge on any atom is -0.377 e. The van der Waals surface area contributed by atoms with Gasteiger partial charge in [-0.15, -0.1) is 0 Å². The van der Waals surface area contributed by atoms with Crippen molar-refractivity contribution in [2.45, 2.75) is 6.61 Å². The van der Waals surface area contributed by atoms with Crippen molar-refractivity contribution in [3.63, 3.8) is 0 Å². The van der Waals surface area contributed by atoms with Crippen molar-refractivity contribution < 1.29 is 4.74 Å². The monoisotopic (exact) mass is 138 g/mol. The first-order chi connectivity index (χ1) is 4.88. The van der Waals surface area contributed by atoms with Gasteiger partial charge in [-0.2, -0.15) is 0 Å². The Labute approximate surface area is 60.0 Å². The van der Waals surface area contributed by atoms with Gasteiger partial charge in [0.05, 0.1) is 0 Å². The van der Waals surface area contributed by atoms with Crippen molar-refractivity contribution in [2.75, 3.05) is 7.11 Å². The Kier molecular flexibility index (Phi) is 2.23. The molecule has 0 aliphatic rings. The lowest BCUT2D eigenvalue weighted by molar-refractivity contribution is 0.177. The van der Waals surface area contributed by atoms with Crippen molar-refractivity contribution in [3.8, 4) is 0 Å². The fourth-order valence-electron chi connectivity index (χ4n) is 0.751. The van der Waals surface area contributed by atoms with Crippen LogP contribution in [0.3, 0.4) is 0 Å². The molecule has 0 spiro atoms. The third kappa shape index (κ3) is 1.25. The normalized spacial score (nSPS) is 9.70. The van der Waals surface area contributed by atoms with Gasteiger partial charge in [-0.05, 0) is 0 Å². The van der Waals surface area contributed by atoms with Crippen LogP contribution in [-0.4, -0.2) is 16.7 Å². The van der Waals surface area contributed by atoms with Crippen LogP contribution in [0.1, 0.15) is 5.82 Å². The van der Waals surface area contributed by atoms with Gasteiger partial charge in [-0.1, -0.05) is 6.58 Å². The predicted octanol–water partition coefficient (Wildman–Crippen LogP) is 1.13. The topological polar surface area (TPSA) is 27.1 Å². The molecular weight excluding hydrogens is 128 g/mol. The fourth-order valence-corrected chi connectivity index (χ4v) is 0.751. The van der Waals surface area contributed by atoms with Gasteiger partial charge in [0, 0.05) is 25.7 Å². The van der Waals surface area contributed by atoms with Gasteiger partial charge in [-0.25, -0.2) is 4.98 Å². The van der Waals surface area contributed by atoms with Crippen LogP contribution >= 0.6 is 0 Å². The lowest BCUT2D eigenvalue weighted by Crippen LogP contribution is -1.96. The number of ether oxygens (including phenoxy) is 1. The molecule has 3 nitrogen and oxygen atoms in total. The summed E-state index contributed by atoms with van der Waals surface area (Å²) in [6.45, 7) is 4.14. The Balaban J connectivity index is 2.79. The summed E-state index contributed by atoms with van der Waals surface area (Å²) in [4.78, 5) is 4.04. The molecule has 3 heteroatoms. The van der Waals surface area contributed by atoms with Crippen molar-refractivity contribution in [1.29, 1.82) is 0 Å². The molecule has 0 amide bonds. The lowest BCUT2D eigenvalue weighted by atomic mass is 10.6. The van der Waals surface area contributed by atoms with Crippen LogP contribution in [0.4, 0.5) is 0 Å². The second-order valence-electron chi connectivity index (χ2n) is 1.87. The highest BCUT2D eigenvalue weighted by molar-refractivity contribution is 5.19. The van der Waals surface area contributed by atoms with E-state index in [0.717, 1.165) is 5.82 Å². The van der Waals surface area contributed by atoms with E-state index >= 15 is 0 Å². The zero-order valence-corrected chi connectivity index (χ0v) is 5.95. The molecular formula is C7H10N2O. The molecule has 0 atom stereocenters. The summed E-state index contributed by atoms with van der Waals surface area (Å²) in [6, 6.07) is 0. The van der Waals surface area contributed by atoms with E-state index in [-0.39, 0.29) is 0 Å². The van der Waals surface area contributed by atoms with Crippen molar-refractivity contribution in [2.24, 2.45) is 0 Å². The van der Waals surface area contributed by atoms with Gasteiger partial charge >= 0.3 is 0 Å². The van der Waals surface area contributed by atoms with E-state index in [4.69, 9.17) is 4.74 Å². The van der Waals surface area contributed by atoms with Crippen LogP contribution in [-0.2, 0) is 11.3 Å². The first kappa shape index (κ1) is 7.02. The van der Waals surface area contributed by atoms with Crippen LogP contribution < -0.4 is 0 Å². The molecule has 0 N–H and O–H groups in total. The fraction of sp³-hybridized carbons (Fsp3) is 0.286. The van der Waals surface area contributed by atoms with Crippen LogP contribution in [0.25, 0.3) is 6.20 Å². The Hall–Kier alpha value is -1.09. The van der Waals surface area contributed by atoms with Crippen LogP contribution in [0, 0.1) is 0 Å². The highest BCUT2D eigenvalue weighted by Gasteiger charge is 1.96. The molecule has 0 fully saturated rings. The predicted molar refractivity (Wildman–Crippen MR) is 39.3 cm³/mol. The SMILES string of the molecule is C=Cn1ccnc1COC. The highest BCUT2D eigenvalue weighted by Crippen LogP contribution is 1.97. The second-order valence-corrected chi connectivity index (χ2v) is 1.87. The molecule has 0 unspecified atom stereocenters. The summed E-state index contributed by atoms with van der Waals surface area (Å²) in [5.41, 5.74) is 0. The maximum Gasteiger partial charge on any atom is 0.138 e. The largest absolute Gasteiger partial charge is 0.377 e. The molecule has 1 rings (SSSR count). The zero-order chi connectivity index (χ0) is 7.40. The molecule has 1 aromatic rings. The van der Waals surface area contributed by atoms with Crippen LogP contribution in [0.5, 0.6) is 0 Å². The minimum absolute atomic E-state index is 0.527. The van der Waals surface area contributed by atoms with E-state index in [2.05, 4.69) is 11.6 Å². The van der Waals surface area contributed by atoms with E-state index in [9.17, 15) is 0 Å². The Morgan fingerprint density at radius 1 is 1.90 bits per heavy atom. The summed E-state index contributed by atoms with van der Waals surface area (Å²) < 4.78 is 6.72. The van der Waals surface area contributed by atoms with Crippen molar-refractivity contribution in [1.82, 2.24) is 9.55 Å². The van der Waals surface area contributed by atoms with Gasteiger partial charge in [0.2, 0.25) is 0 Å². The quantitative estimate of drug-likeness (QED) is 0.626. The third-order valence-electron chi connectivity index (χ3n) is 1.22. The molecule has 1 heterocycles. The number of imidazole rings is 1. The first-order valence-corrected chi connectivity index (χ1v) is 3.01. The van der Waals surface area contributed by atoms with Crippen molar-refractivity contribution in [3.05, 3.63) is 24.8 Å². The number of methoxy groups -OCH3 is 1. The molecule has 54 valence electrons. The number of hydrogen-bond donors (Lipinski definition) is 0. The second kappa shape index (κ2) is 3.17. The molecule has 0 aliphatic carbocycles. The molecule has 10 heavy (non-hydrogen) atoms. The average molecular weight is 138 g/mol. The van der Waals surface area contributed by atoms with E-state index in [1.165, 1.54) is 0 Å². The molecule has 0 aliphatic heterocycles. The molecule has 0 aromatic carbocycles. The summed E-state index contributed by atoms with van der Waals surface area (Å²) in [6.07, 6.45) is 5.25. The standard InChI is InChI=1S/C7H10N2O/c1-3-9-5-4-8-7(9)6-10-2/h3-5H,1,6H2,2H3. The summed E-state index contributed by atoms with van der Waals surface area (Å²) in [7, 11) is 1.64. The van der Waals surface area contributed by atoms with Crippen LogP contribution in [0.15, 0.2) is 19.0 Å². The summed E-state index contributed by atoms with van der Waals surface area (Å²) in [5.74, 6) is 0.873. The van der Waals surface area contributed by atoms with E-state index < -0.39 is 0 Å². The number of hydrogen-bond acceptors (Lipinski definition) is 2. The van der Waals surface area contributed by atoms with E-state index in [1.807, 2.05) is 10.8 Å². The summed E-state index contributed by atoms with van der Waals surface area (Å²) in [5, 5.41) is 0. The molecule has 0 saturated heterocycles. The summed E-state index contributed by atoms with van der Waals surface area (Å²) >= 11 is 0. The van der Waals surface area contributed by atoms with Crippen LogP contribution in [0.2, 0.25) is 0 Å². The number of aromatic nitrogens is 2. The molecule has 1 aromatic heterocycles. The lowest BCUT2D eigenvalue weighted by Gasteiger charge is -1.98. The zero-order valence-electron chi connectivity index (χ0n) is 5.95. The van der Waals surface area contributed by atoms with Crippen molar-refractivity contribution >= 4 is 6.20 Å². The van der Waals surface area contributed by atoms with Gasteiger partial charge in [0.25, 0.3) is 0 Å². The maximum atomic E-state index is 4.90. The van der Waals surface area contributed by atoms with Gasteiger partial charge < -0.3 is 9.30 Å². The third-order valence-corrected chi connectivity index (χ3v) is 1.22. The van der Waals surface area contributed by atoms with Gasteiger partial charge in [0.15, 0.2) is 0 Å². The smallest absolute Gasteiger partial charge is 0.138 e. The number of rotatable bonds is 3. The Morgan fingerprint density at radius 3 is 3.30 bits per heavy atom. The number of nitrogens with zero attached hydrogens (tertiary/aromatic N) is 2. The highest BCUT2D eigenvalue weighted by atomic mass is 16.5. The molecule has 0 bridgehead atoms. The average Bonchev–Trinajstić information content (AvgIpc) is 2.36. The molecule has 0 saturated carbocycles. The Bertz CT molecular complexity index is 217. The maximum absolute atomic E-state index is 4.90.